The summed E-state index contributed by atoms with van der Waals surface area (Å²) in [5.74, 6) is 3.94. The average molecular weight is 234 g/mol. The first-order valence-electron chi connectivity index (χ1n) is 6.80. The topological polar surface area (TPSA) is 42.7 Å². The van der Waals surface area contributed by atoms with E-state index in [2.05, 4.69) is 22.4 Å². The van der Waals surface area contributed by atoms with Gasteiger partial charge >= 0.3 is 0 Å². The van der Waals surface area contributed by atoms with Crippen LogP contribution in [0.5, 0.6) is 0 Å². The lowest BCUT2D eigenvalue weighted by Gasteiger charge is -2.28. The number of aromatic nitrogens is 3. The highest BCUT2D eigenvalue weighted by Crippen LogP contribution is 2.49. The standard InChI is InChI=1S/C13H22N4/c1-9(12-6-10-3-4-11(12)5-10)14-7-13-16-15-8-17(13)2/h8-12,14H,3-7H2,1-2H3. The molecule has 1 aromatic rings. The van der Waals surface area contributed by atoms with Gasteiger partial charge in [0.25, 0.3) is 0 Å². The maximum absolute atomic E-state index is 4.11. The van der Waals surface area contributed by atoms with Gasteiger partial charge in [-0.3, -0.25) is 0 Å². The molecule has 2 bridgehead atoms. The molecule has 1 aromatic heterocycles. The number of rotatable bonds is 4. The van der Waals surface area contributed by atoms with E-state index in [1.807, 2.05) is 11.6 Å². The van der Waals surface area contributed by atoms with Gasteiger partial charge in [0, 0.05) is 13.1 Å². The van der Waals surface area contributed by atoms with E-state index in [0.29, 0.717) is 6.04 Å². The van der Waals surface area contributed by atoms with Crippen LogP contribution in [-0.4, -0.2) is 20.8 Å². The highest BCUT2D eigenvalue weighted by Gasteiger charge is 2.41. The summed E-state index contributed by atoms with van der Waals surface area (Å²) in [5.41, 5.74) is 0. The van der Waals surface area contributed by atoms with Crippen molar-refractivity contribution in [2.45, 2.75) is 45.2 Å². The Morgan fingerprint density at radius 1 is 1.47 bits per heavy atom. The van der Waals surface area contributed by atoms with E-state index in [9.17, 15) is 0 Å². The minimum atomic E-state index is 0.613. The largest absolute Gasteiger partial charge is 0.320 e. The van der Waals surface area contributed by atoms with Gasteiger partial charge < -0.3 is 9.88 Å². The van der Waals surface area contributed by atoms with Crippen LogP contribution < -0.4 is 5.32 Å². The first kappa shape index (κ1) is 11.2. The van der Waals surface area contributed by atoms with Gasteiger partial charge in [0.15, 0.2) is 0 Å². The summed E-state index contributed by atoms with van der Waals surface area (Å²) in [6, 6.07) is 0.613. The van der Waals surface area contributed by atoms with E-state index in [1.165, 1.54) is 25.7 Å². The van der Waals surface area contributed by atoms with Crippen molar-refractivity contribution in [3.63, 3.8) is 0 Å². The molecule has 0 aromatic carbocycles. The van der Waals surface area contributed by atoms with Crippen LogP contribution in [0.4, 0.5) is 0 Å². The zero-order chi connectivity index (χ0) is 11.8. The molecule has 17 heavy (non-hydrogen) atoms. The summed E-state index contributed by atoms with van der Waals surface area (Å²) in [6.45, 7) is 3.17. The van der Waals surface area contributed by atoms with Crippen molar-refractivity contribution in [2.24, 2.45) is 24.8 Å². The number of nitrogens with zero attached hydrogens (tertiary/aromatic N) is 3. The van der Waals surface area contributed by atoms with Gasteiger partial charge in [-0.25, -0.2) is 0 Å². The third-order valence-electron chi connectivity index (χ3n) is 4.82. The molecule has 0 radical (unpaired) electrons. The normalized spacial score (nSPS) is 33.2. The Kier molecular flexibility index (Phi) is 2.90. The molecule has 0 amide bonds. The molecule has 1 heterocycles. The molecule has 94 valence electrons. The van der Waals surface area contributed by atoms with Crippen LogP contribution in [-0.2, 0) is 13.6 Å². The summed E-state index contributed by atoms with van der Waals surface area (Å²) < 4.78 is 1.99. The molecule has 2 aliphatic rings. The first-order chi connectivity index (χ1) is 8.24. The van der Waals surface area contributed by atoms with Crippen molar-refractivity contribution in [3.8, 4) is 0 Å². The minimum absolute atomic E-state index is 0.613. The number of hydrogen-bond donors (Lipinski definition) is 1. The quantitative estimate of drug-likeness (QED) is 0.862. The highest BCUT2D eigenvalue weighted by atomic mass is 15.3. The average Bonchev–Trinajstić information content (AvgIpc) is 3.01. The van der Waals surface area contributed by atoms with Crippen LogP contribution in [0.25, 0.3) is 0 Å². The van der Waals surface area contributed by atoms with Crippen LogP contribution in [0.15, 0.2) is 6.33 Å². The smallest absolute Gasteiger partial charge is 0.146 e. The summed E-state index contributed by atoms with van der Waals surface area (Å²) in [7, 11) is 2.00. The lowest BCUT2D eigenvalue weighted by molar-refractivity contribution is 0.258. The Morgan fingerprint density at radius 3 is 2.94 bits per heavy atom. The molecule has 3 rings (SSSR count). The Morgan fingerprint density at radius 2 is 2.35 bits per heavy atom. The van der Waals surface area contributed by atoms with Gasteiger partial charge in [-0.15, -0.1) is 10.2 Å². The predicted octanol–water partition coefficient (Wildman–Crippen LogP) is 1.73. The van der Waals surface area contributed by atoms with E-state index in [-0.39, 0.29) is 0 Å². The van der Waals surface area contributed by atoms with Crippen molar-refractivity contribution in [1.82, 2.24) is 20.1 Å². The van der Waals surface area contributed by atoms with E-state index in [1.54, 1.807) is 6.33 Å². The van der Waals surface area contributed by atoms with Gasteiger partial charge in [0.1, 0.15) is 12.2 Å². The summed E-state index contributed by atoms with van der Waals surface area (Å²) in [6.07, 6.45) is 7.64. The third-order valence-corrected chi connectivity index (χ3v) is 4.82. The molecule has 0 spiro atoms. The predicted molar refractivity (Wildman–Crippen MR) is 66.2 cm³/mol. The Hall–Kier alpha value is -0.900. The summed E-state index contributed by atoms with van der Waals surface area (Å²) >= 11 is 0. The van der Waals surface area contributed by atoms with Gasteiger partial charge in [0.2, 0.25) is 0 Å². The molecule has 4 heteroatoms. The number of fused-ring (bicyclic) bond motifs is 2. The molecule has 2 fully saturated rings. The second kappa shape index (κ2) is 4.41. The molecule has 1 N–H and O–H groups in total. The molecular weight excluding hydrogens is 212 g/mol. The van der Waals surface area contributed by atoms with Crippen molar-refractivity contribution < 1.29 is 0 Å². The fourth-order valence-electron chi connectivity index (χ4n) is 3.78. The molecule has 4 atom stereocenters. The van der Waals surface area contributed by atoms with Crippen LogP contribution in [0.3, 0.4) is 0 Å². The Labute approximate surface area is 103 Å². The molecular formula is C13H22N4. The van der Waals surface area contributed by atoms with Crippen LogP contribution in [0, 0.1) is 17.8 Å². The summed E-state index contributed by atoms with van der Waals surface area (Å²) in [5, 5.41) is 11.7. The third kappa shape index (κ3) is 2.10. The SMILES string of the molecule is CC(NCc1nncn1C)C1CC2CCC1C2. The van der Waals surface area contributed by atoms with Gasteiger partial charge in [-0.1, -0.05) is 6.42 Å². The van der Waals surface area contributed by atoms with Crippen LogP contribution in [0.1, 0.15) is 38.4 Å². The molecule has 4 unspecified atom stereocenters. The number of hydrogen-bond acceptors (Lipinski definition) is 3. The van der Waals surface area contributed by atoms with Crippen molar-refractivity contribution in [1.29, 1.82) is 0 Å². The van der Waals surface area contributed by atoms with Crippen molar-refractivity contribution in [2.75, 3.05) is 0 Å². The fraction of sp³-hybridized carbons (Fsp3) is 0.846. The maximum atomic E-state index is 4.11. The van der Waals surface area contributed by atoms with E-state index in [0.717, 1.165) is 30.1 Å². The molecule has 2 aliphatic carbocycles. The Balaban J connectivity index is 1.54. The van der Waals surface area contributed by atoms with Crippen LogP contribution in [0.2, 0.25) is 0 Å². The zero-order valence-corrected chi connectivity index (χ0v) is 10.8. The van der Waals surface area contributed by atoms with Gasteiger partial charge in [-0.05, 0) is 43.9 Å². The molecule has 4 nitrogen and oxygen atoms in total. The second-order valence-corrected chi connectivity index (χ2v) is 5.87. The molecule has 0 saturated heterocycles. The second-order valence-electron chi connectivity index (χ2n) is 5.87. The van der Waals surface area contributed by atoms with E-state index >= 15 is 0 Å². The number of aryl methyl sites for hydroxylation is 1. The van der Waals surface area contributed by atoms with Crippen LogP contribution >= 0.6 is 0 Å². The fourth-order valence-corrected chi connectivity index (χ4v) is 3.78. The number of nitrogens with one attached hydrogen (secondary N) is 1. The Bertz CT molecular complexity index is 387. The molecule has 2 saturated carbocycles. The van der Waals surface area contributed by atoms with Crippen molar-refractivity contribution in [3.05, 3.63) is 12.2 Å². The van der Waals surface area contributed by atoms with Gasteiger partial charge in [0.05, 0.1) is 6.54 Å². The first-order valence-corrected chi connectivity index (χ1v) is 6.80. The lowest BCUT2D eigenvalue weighted by Crippen LogP contribution is -2.36. The minimum Gasteiger partial charge on any atom is -0.320 e. The highest BCUT2D eigenvalue weighted by molar-refractivity contribution is 4.95. The monoisotopic (exact) mass is 234 g/mol. The lowest BCUT2D eigenvalue weighted by atomic mass is 9.84. The molecule has 0 aliphatic heterocycles. The van der Waals surface area contributed by atoms with Crippen molar-refractivity contribution >= 4 is 0 Å². The maximum Gasteiger partial charge on any atom is 0.146 e. The van der Waals surface area contributed by atoms with Gasteiger partial charge in [-0.2, -0.15) is 0 Å². The zero-order valence-electron chi connectivity index (χ0n) is 10.8. The van der Waals surface area contributed by atoms with E-state index in [4.69, 9.17) is 0 Å². The summed E-state index contributed by atoms with van der Waals surface area (Å²) in [4.78, 5) is 0. The van der Waals surface area contributed by atoms with E-state index < -0.39 is 0 Å².